The lowest BCUT2D eigenvalue weighted by Crippen LogP contribution is -2.21. The summed E-state index contributed by atoms with van der Waals surface area (Å²) < 4.78 is 13.4. The summed E-state index contributed by atoms with van der Waals surface area (Å²) in [5.41, 5.74) is 3.11. The number of hydrogen-bond donors (Lipinski definition) is 1. The van der Waals surface area contributed by atoms with E-state index in [2.05, 4.69) is 14.6 Å². The highest BCUT2D eigenvalue weighted by Crippen LogP contribution is 2.35. The summed E-state index contributed by atoms with van der Waals surface area (Å²) in [6.45, 7) is 5.37. The first kappa shape index (κ1) is 11.6. The van der Waals surface area contributed by atoms with Gasteiger partial charge in [0.05, 0.1) is 0 Å². The van der Waals surface area contributed by atoms with Gasteiger partial charge in [-0.15, -0.1) is 0 Å². The van der Waals surface area contributed by atoms with Crippen LogP contribution in [0.3, 0.4) is 0 Å². The molecule has 19 heavy (non-hydrogen) atoms. The van der Waals surface area contributed by atoms with E-state index in [9.17, 15) is 0 Å². The fourth-order valence-corrected chi connectivity index (χ4v) is 3.61. The summed E-state index contributed by atoms with van der Waals surface area (Å²) in [6, 6.07) is 2.02. The van der Waals surface area contributed by atoms with Crippen LogP contribution in [0.15, 0.2) is 28.3 Å². The van der Waals surface area contributed by atoms with Crippen molar-refractivity contribution in [1.29, 1.82) is 0 Å². The predicted octanol–water partition coefficient (Wildman–Crippen LogP) is 1.08. The predicted molar refractivity (Wildman–Crippen MR) is 72.6 cm³/mol. The zero-order chi connectivity index (χ0) is 12.7. The molecule has 1 N–H and O–H groups in total. The highest BCUT2D eigenvalue weighted by Gasteiger charge is 2.26. The Bertz CT molecular complexity index is 531. The van der Waals surface area contributed by atoms with E-state index in [-0.39, 0.29) is 0 Å². The Morgan fingerprint density at radius 2 is 1.95 bits per heavy atom. The maximum absolute atomic E-state index is 5.56. The minimum Gasteiger partial charge on any atom is -0.484 e. The van der Waals surface area contributed by atoms with Crippen LogP contribution in [0.5, 0.6) is 11.6 Å². The lowest BCUT2D eigenvalue weighted by Gasteiger charge is -2.19. The second kappa shape index (κ2) is 4.70. The summed E-state index contributed by atoms with van der Waals surface area (Å²) >= 11 is 1.75. The molecule has 0 fully saturated rings. The van der Waals surface area contributed by atoms with Gasteiger partial charge in [-0.25, -0.2) is 9.29 Å². The van der Waals surface area contributed by atoms with Gasteiger partial charge in [-0.05, 0) is 23.1 Å². The lowest BCUT2D eigenvalue weighted by atomic mass is 10.2. The van der Waals surface area contributed by atoms with E-state index >= 15 is 0 Å². The number of ether oxygens (including phenoxy) is 2. The third-order valence-electron chi connectivity index (χ3n) is 3.52. The number of rotatable bonds is 2. The molecule has 0 unspecified atom stereocenters. The minimum atomic E-state index is 0.586. The number of aromatic nitrogens is 1. The summed E-state index contributed by atoms with van der Waals surface area (Å²) in [6.07, 6.45) is 1.86. The zero-order valence-electron chi connectivity index (χ0n) is 10.5. The molecule has 4 heterocycles. The van der Waals surface area contributed by atoms with Crippen molar-refractivity contribution in [3.05, 3.63) is 23.4 Å². The number of fused-ring (bicyclic) bond motifs is 1. The highest BCUT2D eigenvalue weighted by atomic mass is 32.2. The topological polar surface area (TPSA) is 46.6 Å². The van der Waals surface area contributed by atoms with Gasteiger partial charge in [0, 0.05) is 43.3 Å². The van der Waals surface area contributed by atoms with Crippen molar-refractivity contribution < 1.29 is 9.47 Å². The first-order valence-corrected chi connectivity index (χ1v) is 7.25. The Kier molecular flexibility index (Phi) is 2.86. The van der Waals surface area contributed by atoms with Crippen molar-refractivity contribution in [2.75, 3.05) is 39.4 Å². The van der Waals surface area contributed by atoms with E-state index in [0.717, 1.165) is 36.8 Å². The number of nitrogens with one attached hydrogen (secondary N) is 1. The van der Waals surface area contributed by atoms with Gasteiger partial charge in [-0.1, -0.05) is 0 Å². The van der Waals surface area contributed by atoms with Gasteiger partial charge in [-0.2, -0.15) is 0 Å². The van der Waals surface area contributed by atoms with E-state index in [1.54, 1.807) is 23.1 Å². The molecule has 100 valence electrons. The van der Waals surface area contributed by atoms with E-state index in [1.807, 2.05) is 12.3 Å². The van der Waals surface area contributed by atoms with Crippen LogP contribution in [0.2, 0.25) is 0 Å². The monoisotopic (exact) mass is 277 g/mol. The Labute approximate surface area is 116 Å². The average Bonchev–Trinajstić information content (AvgIpc) is 2.99. The van der Waals surface area contributed by atoms with Crippen molar-refractivity contribution in [2.24, 2.45) is 0 Å². The molecule has 3 aliphatic rings. The molecule has 0 amide bonds. The summed E-state index contributed by atoms with van der Waals surface area (Å²) in [7, 11) is 0. The Morgan fingerprint density at radius 3 is 2.79 bits per heavy atom. The van der Waals surface area contributed by atoms with Crippen molar-refractivity contribution >= 4 is 11.9 Å². The molecule has 1 aromatic rings. The van der Waals surface area contributed by atoms with Crippen LogP contribution in [0, 0.1) is 0 Å². The average molecular weight is 277 g/mol. The maximum atomic E-state index is 5.56. The molecule has 6 heteroatoms. The van der Waals surface area contributed by atoms with E-state index in [0.29, 0.717) is 19.1 Å². The minimum absolute atomic E-state index is 0.586. The van der Waals surface area contributed by atoms with Gasteiger partial charge in [0.25, 0.3) is 5.88 Å². The molecule has 0 aliphatic carbocycles. The number of hydrogen-bond acceptors (Lipinski definition) is 6. The van der Waals surface area contributed by atoms with Gasteiger partial charge in [0.2, 0.25) is 0 Å². The molecule has 0 spiro atoms. The number of pyridine rings is 1. The molecule has 3 aliphatic heterocycles. The maximum Gasteiger partial charge on any atom is 0.257 e. The van der Waals surface area contributed by atoms with Gasteiger partial charge in [0.15, 0.2) is 5.75 Å². The highest BCUT2D eigenvalue weighted by molar-refractivity contribution is 7.97. The van der Waals surface area contributed by atoms with Crippen LogP contribution in [0.1, 0.15) is 0 Å². The van der Waals surface area contributed by atoms with Crippen LogP contribution in [-0.4, -0.2) is 48.7 Å². The fourth-order valence-electron chi connectivity index (χ4n) is 2.61. The molecule has 0 atom stereocenters. The molecular formula is C13H15N3O2S. The SMILES string of the molecule is c1nc2c(cc1SN1CC3=C(CNC3)C1)OCCO2. The molecule has 0 aromatic carbocycles. The number of nitrogens with zero attached hydrogens (tertiary/aromatic N) is 2. The third-order valence-corrected chi connectivity index (χ3v) is 4.47. The molecular weight excluding hydrogens is 262 g/mol. The van der Waals surface area contributed by atoms with Crippen molar-refractivity contribution in [1.82, 2.24) is 14.6 Å². The lowest BCUT2D eigenvalue weighted by molar-refractivity contribution is 0.163. The summed E-state index contributed by atoms with van der Waals surface area (Å²) in [5.74, 6) is 1.37. The van der Waals surface area contributed by atoms with Crippen LogP contribution >= 0.6 is 11.9 Å². The van der Waals surface area contributed by atoms with Crippen LogP contribution in [0.25, 0.3) is 0 Å². The first-order chi connectivity index (χ1) is 9.38. The standard InChI is InChI=1S/C13H15N3O2S/c1-2-18-13-12(17-1)3-11(6-15-13)19-16-7-9-4-14-5-10(9)8-16/h3,6,14H,1-2,4-5,7-8H2. The van der Waals surface area contributed by atoms with E-state index in [4.69, 9.17) is 9.47 Å². The van der Waals surface area contributed by atoms with E-state index in [1.165, 1.54) is 0 Å². The molecule has 4 rings (SSSR count). The van der Waals surface area contributed by atoms with Crippen molar-refractivity contribution in [3.63, 3.8) is 0 Å². The Balaban J connectivity index is 1.46. The summed E-state index contributed by atoms with van der Waals surface area (Å²) in [4.78, 5) is 5.42. The van der Waals surface area contributed by atoms with Gasteiger partial charge >= 0.3 is 0 Å². The van der Waals surface area contributed by atoms with Crippen molar-refractivity contribution in [3.8, 4) is 11.6 Å². The molecule has 5 nitrogen and oxygen atoms in total. The van der Waals surface area contributed by atoms with Crippen LogP contribution < -0.4 is 14.8 Å². The van der Waals surface area contributed by atoms with Crippen LogP contribution in [0.4, 0.5) is 0 Å². The third kappa shape index (κ3) is 2.20. The largest absolute Gasteiger partial charge is 0.484 e. The van der Waals surface area contributed by atoms with Gasteiger partial charge in [-0.3, -0.25) is 0 Å². The molecule has 0 radical (unpaired) electrons. The molecule has 1 aromatic heterocycles. The molecule has 0 saturated heterocycles. The van der Waals surface area contributed by atoms with Gasteiger partial charge in [0.1, 0.15) is 13.2 Å². The smallest absolute Gasteiger partial charge is 0.257 e. The van der Waals surface area contributed by atoms with Crippen LogP contribution in [-0.2, 0) is 0 Å². The Morgan fingerprint density at radius 1 is 1.16 bits per heavy atom. The van der Waals surface area contributed by atoms with Crippen molar-refractivity contribution in [2.45, 2.75) is 4.90 Å². The normalized spacial score (nSPS) is 21.9. The quantitative estimate of drug-likeness (QED) is 0.645. The second-order valence-corrected chi connectivity index (χ2v) is 6.04. The van der Waals surface area contributed by atoms with E-state index < -0.39 is 0 Å². The zero-order valence-corrected chi connectivity index (χ0v) is 11.3. The molecule has 0 saturated carbocycles. The summed E-state index contributed by atoms with van der Waals surface area (Å²) in [5, 5.41) is 3.39. The van der Waals surface area contributed by atoms with Gasteiger partial charge < -0.3 is 14.8 Å². The Hall–Kier alpha value is -1.24. The fraction of sp³-hybridized carbons (Fsp3) is 0.462. The first-order valence-electron chi connectivity index (χ1n) is 6.47. The second-order valence-electron chi connectivity index (χ2n) is 4.87. The molecule has 0 bridgehead atoms.